The third-order valence-corrected chi connectivity index (χ3v) is 6.64. The van der Waals surface area contributed by atoms with Crippen molar-refractivity contribution in [1.29, 1.82) is 0 Å². The number of anilines is 3. The van der Waals surface area contributed by atoms with E-state index in [1.165, 1.54) is 0 Å². The maximum Gasteiger partial charge on any atom is 0.257 e. The monoisotopic (exact) mass is 442 g/mol. The predicted octanol–water partition coefficient (Wildman–Crippen LogP) is 3.80. The van der Waals surface area contributed by atoms with Crippen LogP contribution in [0.4, 0.5) is 17.2 Å². The van der Waals surface area contributed by atoms with Gasteiger partial charge in [-0.2, -0.15) is 10.2 Å². The van der Waals surface area contributed by atoms with Crippen LogP contribution in [0.1, 0.15) is 29.2 Å². The van der Waals surface area contributed by atoms with Crippen molar-refractivity contribution in [2.75, 3.05) is 24.9 Å². The van der Waals surface area contributed by atoms with Crippen molar-refractivity contribution in [3.63, 3.8) is 0 Å². The molecule has 0 saturated heterocycles. The first-order valence-corrected chi connectivity index (χ1v) is 10.7. The zero-order valence-corrected chi connectivity index (χ0v) is 18.4. The molecule has 3 N–H and O–H groups in total. The Morgan fingerprint density at radius 3 is 2.79 bits per heavy atom. The van der Waals surface area contributed by atoms with Gasteiger partial charge in [0.2, 0.25) is 5.91 Å². The van der Waals surface area contributed by atoms with Crippen LogP contribution in [0.15, 0.2) is 42.5 Å². The lowest BCUT2D eigenvalue weighted by Crippen LogP contribution is -2.21. The van der Waals surface area contributed by atoms with Crippen molar-refractivity contribution in [3.8, 4) is 11.6 Å². The molecule has 3 heterocycles. The minimum Gasteiger partial charge on any atom is -0.497 e. The number of nitrogens with one attached hydrogen (secondary N) is 3. The van der Waals surface area contributed by atoms with E-state index in [2.05, 4.69) is 43.2 Å². The quantitative estimate of drug-likeness (QED) is 0.431. The standard InChI is InChI=1S/C24H22N6O3/c1-12-8-20(22(33-3)30-27-12)25-21-15-6-4-13(9-19(15)28-29-21)17-11-24(17)16-10-14(32-2)5-7-18(16)26-23(24)31/h4-10,17H,11H2,1-3H3,(H,26,31)(H2,25,27,28,29)/t17-,24-/m0/s1. The van der Waals surface area contributed by atoms with E-state index in [1.54, 1.807) is 14.2 Å². The summed E-state index contributed by atoms with van der Waals surface area (Å²) >= 11 is 0. The predicted molar refractivity (Wildman–Crippen MR) is 123 cm³/mol. The normalized spacial score (nSPS) is 20.6. The number of aryl methyl sites for hydroxylation is 1. The van der Waals surface area contributed by atoms with Gasteiger partial charge >= 0.3 is 0 Å². The van der Waals surface area contributed by atoms with Gasteiger partial charge in [0.05, 0.1) is 30.8 Å². The first kappa shape index (κ1) is 19.5. The second-order valence-corrected chi connectivity index (χ2v) is 8.50. The van der Waals surface area contributed by atoms with E-state index >= 15 is 0 Å². The molecule has 2 atom stereocenters. The van der Waals surface area contributed by atoms with Crippen LogP contribution >= 0.6 is 0 Å². The molecule has 1 aliphatic carbocycles. The van der Waals surface area contributed by atoms with Gasteiger partial charge < -0.3 is 20.1 Å². The highest BCUT2D eigenvalue weighted by Crippen LogP contribution is 2.65. The molecule has 6 rings (SSSR count). The van der Waals surface area contributed by atoms with Gasteiger partial charge in [-0.3, -0.25) is 9.89 Å². The van der Waals surface area contributed by atoms with Crippen molar-refractivity contribution in [2.45, 2.75) is 24.7 Å². The van der Waals surface area contributed by atoms with Gasteiger partial charge in [-0.25, -0.2) is 0 Å². The third kappa shape index (κ3) is 2.85. The third-order valence-electron chi connectivity index (χ3n) is 6.64. The number of rotatable bonds is 5. The van der Waals surface area contributed by atoms with Crippen molar-refractivity contribution in [1.82, 2.24) is 20.4 Å². The average Bonchev–Trinajstić information content (AvgIpc) is 3.38. The summed E-state index contributed by atoms with van der Waals surface area (Å²) in [7, 11) is 3.19. The number of carbonyl (C=O) groups is 1. The highest BCUT2D eigenvalue weighted by molar-refractivity contribution is 6.10. The molecule has 1 amide bonds. The van der Waals surface area contributed by atoms with E-state index < -0.39 is 5.41 Å². The highest BCUT2D eigenvalue weighted by Gasteiger charge is 2.65. The Morgan fingerprint density at radius 2 is 1.97 bits per heavy atom. The second kappa shape index (κ2) is 6.93. The lowest BCUT2D eigenvalue weighted by Gasteiger charge is -2.10. The van der Waals surface area contributed by atoms with Crippen LogP contribution in [0, 0.1) is 6.92 Å². The maximum atomic E-state index is 13.0. The van der Waals surface area contributed by atoms with Crippen LogP contribution in [0.3, 0.4) is 0 Å². The van der Waals surface area contributed by atoms with E-state index in [-0.39, 0.29) is 11.8 Å². The van der Waals surface area contributed by atoms with Crippen LogP contribution in [-0.2, 0) is 10.2 Å². The number of nitrogens with zero attached hydrogens (tertiary/aromatic N) is 3. The molecule has 1 spiro atoms. The van der Waals surface area contributed by atoms with Crippen LogP contribution in [0.5, 0.6) is 11.6 Å². The summed E-state index contributed by atoms with van der Waals surface area (Å²) in [6.45, 7) is 1.87. The number of carbonyl (C=O) groups excluding carboxylic acids is 1. The molecule has 33 heavy (non-hydrogen) atoms. The molecule has 0 radical (unpaired) electrons. The highest BCUT2D eigenvalue weighted by atomic mass is 16.5. The van der Waals surface area contributed by atoms with E-state index in [1.807, 2.05) is 37.3 Å². The van der Waals surface area contributed by atoms with Crippen molar-refractivity contribution >= 4 is 34.0 Å². The number of aromatic amines is 1. The molecule has 1 aliphatic heterocycles. The SMILES string of the molecule is COc1ccc2c(c1)[C@]1(C[C@H]1c1ccc3c(Nc4cc(C)nnc4OC)n[nH]c3c1)C(=O)N2. The van der Waals surface area contributed by atoms with Gasteiger partial charge in [-0.05, 0) is 60.9 Å². The fraction of sp³-hybridized carbons (Fsp3) is 0.250. The van der Waals surface area contributed by atoms with Crippen LogP contribution in [0.25, 0.3) is 10.9 Å². The van der Waals surface area contributed by atoms with Crippen molar-refractivity contribution in [2.24, 2.45) is 0 Å². The van der Waals surface area contributed by atoms with Crippen LogP contribution in [0.2, 0.25) is 0 Å². The molecule has 2 aromatic carbocycles. The molecule has 2 aliphatic rings. The molecule has 0 unspecified atom stereocenters. The summed E-state index contributed by atoms with van der Waals surface area (Å²) < 4.78 is 10.7. The summed E-state index contributed by atoms with van der Waals surface area (Å²) in [5.41, 5.74) is 4.79. The molecule has 9 nitrogen and oxygen atoms in total. The van der Waals surface area contributed by atoms with Gasteiger partial charge in [0.25, 0.3) is 5.88 Å². The summed E-state index contributed by atoms with van der Waals surface area (Å²) in [4.78, 5) is 13.0. The number of benzene rings is 2. The zero-order valence-electron chi connectivity index (χ0n) is 18.4. The molecule has 9 heteroatoms. The van der Waals surface area contributed by atoms with Crippen molar-refractivity contribution < 1.29 is 14.3 Å². The number of hydrogen-bond donors (Lipinski definition) is 3. The number of aromatic nitrogens is 4. The lowest BCUT2D eigenvalue weighted by atomic mass is 9.91. The van der Waals surface area contributed by atoms with Gasteiger partial charge in [-0.15, -0.1) is 5.10 Å². The molecular formula is C24H22N6O3. The summed E-state index contributed by atoms with van der Waals surface area (Å²) in [6.07, 6.45) is 0.767. The van der Waals surface area contributed by atoms with E-state index in [0.717, 1.165) is 45.6 Å². The molecule has 1 fully saturated rings. The minimum absolute atomic E-state index is 0.0514. The Labute approximate surface area is 189 Å². The summed E-state index contributed by atoms with van der Waals surface area (Å²) in [5.74, 6) is 1.97. The molecule has 1 saturated carbocycles. The Bertz CT molecular complexity index is 1430. The molecule has 166 valence electrons. The van der Waals surface area contributed by atoms with E-state index in [0.29, 0.717) is 17.4 Å². The molecule has 0 bridgehead atoms. The van der Waals surface area contributed by atoms with Gasteiger partial charge in [0, 0.05) is 17.0 Å². The Hall–Kier alpha value is -4.14. The fourth-order valence-corrected chi connectivity index (χ4v) is 4.89. The van der Waals surface area contributed by atoms with Gasteiger partial charge in [-0.1, -0.05) is 6.07 Å². The number of amides is 1. The largest absolute Gasteiger partial charge is 0.497 e. The molecule has 4 aromatic rings. The molecule has 2 aromatic heterocycles. The van der Waals surface area contributed by atoms with E-state index in [9.17, 15) is 4.79 Å². The second-order valence-electron chi connectivity index (χ2n) is 8.50. The van der Waals surface area contributed by atoms with Crippen molar-refractivity contribution in [3.05, 3.63) is 59.3 Å². The van der Waals surface area contributed by atoms with Gasteiger partial charge in [0.15, 0.2) is 5.82 Å². The first-order chi connectivity index (χ1) is 16.0. The number of fused-ring (bicyclic) bond motifs is 3. The van der Waals surface area contributed by atoms with E-state index in [4.69, 9.17) is 9.47 Å². The minimum atomic E-state index is -0.535. The Kier molecular flexibility index (Phi) is 4.10. The number of ether oxygens (including phenoxy) is 2. The fourth-order valence-electron chi connectivity index (χ4n) is 4.89. The van der Waals surface area contributed by atoms with Crippen LogP contribution in [-0.4, -0.2) is 40.5 Å². The summed E-state index contributed by atoms with van der Waals surface area (Å²) in [5, 5.41) is 22.9. The average molecular weight is 442 g/mol. The Morgan fingerprint density at radius 1 is 1.09 bits per heavy atom. The topological polar surface area (TPSA) is 114 Å². The smallest absolute Gasteiger partial charge is 0.257 e. The van der Waals surface area contributed by atoms with Crippen LogP contribution < -0.4 is 20.1 Å². The molecular weight excluding hydrogens is 420 g/mol. The number of H-pyrrole nitrogens is 1. The number of methoxy groups -OCH3 is 2. The Balaban J connectivity index is 1.33. The summed E-state index contributed by atoms with van der Waals surface area (Å²) in [6, 6.07) is 13.8. The lowest BCUT2D eigenvalue weighted by molar-refractivity contribution is -0.118. The zero-order chi connectivity index (χ0) is 22.7. The number of hydrogen-bond acceptors (Lipinski definition) is 7. The maximum absolute atomic E-state index is 13.0. The first-order valence-electron chi connectivity index (χ1n) is 10.7. The van der Waals surface area contributed by atoms with Gasteiger partial charge in [0.1, 0.15) is 11.4 Å².